The van der Waals surface area contributed by atoms with Crippen LogP contribution in [0.15, 0.2) is 18.2 Å². The van der Waals surface area contributed by atoms with Crippen molar-refractivity contribution in [3.63, 3.8) is 0 Å². The average molecular weight is 183 g/mol. The first-order valence-corrected chi connectivity index (χ1v) is 3.66. The van der Waals surface area contributed by atoms with Crippen LogP contribution in [-0.2, 0) is 4.79 Å². The van der Waals surface area contributed by atoms with E-state index in [0.717, 1.165) is 0 Å². The van der Waals surface area contributed by atoms with E-state index in [1.807, 2.05) is 0 Å². The maximum Gasteiger partial charge on any atom is 0.236 e. The SMILES string of the molecule is NC(=O)CNc1cc(N)cc(F)c1. The highest BCUT2D eigenvalue weighted by molar-refractivity contribution is 5.79. The van der Waals surface area contributed by atoms with Crippen molar-refractivity contribution in [2.45, 2.75) is 0 Å². The van der Waals surface area contributed by atoms with Gasteiger partial charge in [0.1, 0.15) is 5.82 Å². The molecule has 13 heavy (non-hydrogen) atoms. The Hall–Kier alpha value is -1.78. The number of carbonyl (C=O) groups excluding carboxylic acids is 1. The van der Waals surface area contributed by atoms with Crippen molar-refractivity contribution in [2.75, 3.05) is 17.6 Å². The van der Waals surface area contributed by atoms with Crippen LogP contribution in [-0.4, -0.2) is 12.5 Å². The van der Waals surface area contributed by atoms with Gasteiger partial charge in [-0.25, -0.2) is 4.39 Å². The summed E-state index contributed by atoms with van der Waals surface area (Å²) in [5.41, 5.74) is 11.0. The van der Waals surface area contributed by atoms with E-state index in [1.54, 1.807) is 0 Å². The van der Waals surface area contributed by atoms with Gasteiger partial charge >= 0.3 is 0 Å². The molecule has 0 spiro atoms. The monoisotopic (exact) mass is 183 g/mol. The number of halogens is 1. The maximum absolute atomic E-state index is 12.7. The molecule has 0 saturated heterocycles. The first-order chi connectivity index (χ1) is 6.08. The zero-order valence-corrected chi connectivity index (χ0v) is 6.88. The molecule has 1 rings (SSSR count). The molecule has 1 aromatic rings. The smallest absolute Gasteiger partial charge is 0.236 e. The molecule has 0 bridgehead atoms. The number of benzene rings is 1. The third kappa shape index (κ3) is 2.98. The topological polar surface area (TPSA) is 81.1 Å². The molecular weight excluding hydrogens is 173 g/mol. The molecule has 0 heterocycles. The highest BCUT2D eigenvalue weighted by atomic mass is 19.1. The van der Waals surface area contributed by atoms with Gasteiger partial charge in [0.25, 0.3) is 0 Å². The van der Waals surface area contributed by atoms with Gasteiger partial charge in [0.05, 0.1) is 6.54 Å². The third-order valence-corrected chi connectivity index (χ3v) is 1.39. The van der Waals surface area contributed by atoms with E-state index in [1.165, 1.54) is 18.2 Å². The van der Waals surface area contributed by atoms with Gasteiger partial charge in [0, 0.05) is 11.4 Å². The van der Waals surface area contributed by atoms with Crippen LogP contribution < -0.4 is 16.8 Å². The van der Waals surface area contributed by atoms with E-state index in [-0.39, 0.29) is 6.54 Å². The average Bonchev–Trinajstić information content (AvgIpc) is 1.99. The Morgan fingerprint density at radius 1 is 1.46 bits per heavy atom. The lowest BCUT2D eigenvalue weighted by Crippen LogP contribution is -2.21. The Bertz CT molecular complexity index is 307. The molecule has 5 N–H and O–H groups in total. The summed E-state index contributed by atoms with van der Waals surface area (Å²) in [7, 11) is 0. The first kappa shape index (κ1) is 9.31. The number of hydrogen-bond donors (Lipinski definition) is 3. The number of nitrogens with two attached hydrogens (primary N) is 2. The number of amides is 1. The second-order valence-corrected chi connectivity index (χ2v) is 2.59. The highest BCUT2D eigenvalue weighted by Gasteiger charge is 1.99. The highest BCUT2D eigenvalue weighted by Crippen LogP contribution is 2.14. The molecule has 4 nitrogen and oxygen atoms in total. The molecule has 0 atom stereocenters. The molecule has 0 unspecified atom stereocenters. The fourth-order valence-electron chi connectivity index (χ4n) is 0.904. The van der Waals surface area contributed by atoms with Gasteiger partial charge in [-0.1, -0.05) is 0 Å². The molecule has 70 valence electrons. The molecule has 0 radical (unpaired) electrons. The molecule has 0 aliphatic rings. The molecule has 0 saturated carbocycles. The van der Waals surface area contributed by atoms with Crippen molar-refractivity contribution >= 4 is 17.3 Å². The Balaban J connectivity index is 2.71. The van der Waals surface area contributed by atoms with Crippen molar-refractivity contribution in [1.29, 1.82) is 0 Å². The quantitative estimate of drug-likeness (QED) is 0.590. The normalized spacial score (nSPS) is 9.62. The van der Waals surface area contributed by atoms with Gasteiger partial charge < -0.3 is 16.8 Å². The molecule has 0 aliphatic heterocycles. The zero-order valence-electron chi connectivity index (χ0n) is 6.88. The second-order valence-electron chi connectivity index (χ2n) is 2.59. The summed E-state index contributed by atoms with van der Waals surface area (Å²) < 4.78 is 12.7. The van der Waals surface area contributed by atoms with Gasteiger partial charge in [-0.2, -0.15) is 0 Å². The van der Waals surface area contributed by atoms with Crippen LogP contribution in [0.4, 0.5) is 15.8 Å². The van der Waals surface area contributed by atoms with E-state index in [0.29, 0.717) is 11.4 Å². The van der Waals surface area contributed by atoms with Crippen LogP contribution in [0, 0.1) is 5.82 Å². The lowest BCUT2D eigenvalue weighted by atomic mass is 10.2. The third-order valence-electron chi connectivity index (χ3n) is 1.39. The molecule has 0 fully saturated rings. The van der Waals surface area contributed by atoms with Crippen molar-refractivity contribution in [1.82, 2.24) is 0 Å². The molecule has 0 aromatic heterocycles. The first-order valence-electron chi connectivity index (χ1n) is 3.66. The van der Waals surface area contributed by atoms with Gasteiger partial charge in [-0.15, -0.1) is 0 Å². The summed E-state index contributed by atoms with van der Waals surface area (Å²) in [6.07, 6.45) is 0. The second kappa shape index (κ2) is 3.75. The van der Waals surface area contributed by atoms with Crippen LogP contribution in [0.2, 0.25) is 0 Å². The molecule has 5 heteroatoms. The fraction of sp³-hybridized carbons (Fsp3) is 0.125. The van der Waals surface area contributed by atoms with Crippen LogP contribution >= 0.6 is 0 Å². The van der Waals surface area contributed by atoms with Crippen molar-refractivity contribution < 1.29 is 9.18 Å². The number of anilines is 2. The number of carbonyl (C=O) groups is 1. The summed E-state index contributed by atoms with van der Waals surface area (Å²) in [6.45, 7) is -0.0388. The van der Waals surface area contributed by atoms with Crippen LogP contribution in [0.25, 0.3) is 0 Å². The van der Waals surface area contributed by atoms with E-state index in [9.17, 15) is 9.18 Å². The molecule has 1 amide bonds. The van der Waals surface area contributed by atoms with E-state index in [4.69, 9.17) is 11.5 Å². The maximum atomic E-state index is 12.7. The summed E-state index contributed by atoms with van der Waals surface area (Å²) >= 11 is 0. The zero-order chi connectivity index (χ0) is 9.84. The van der Waals surface area contributed by atoms with Gasteiger partial charge in [0.2, 0.25) is 5.91 Å². The lowest BCUT2D eigenvalue weighted by molar-refractivity contribution is -0.116. The molecule has 1 aromatic carbocycles. The van der Waals surface area contributed by atoms with Gasteiger partial charge in [0.15, 0.2) is 0 Å². The standard InChI is InChI=1S/C8H10FN3O/c9-5-1-6(10)3-7(2-5)12-4-8(11)13/h1-3,12H,4,10H2,(H2,11,13). The van der Waals surface area contributed by atoms with E-state index in [2.05, 4.69) is 5.32 Å². The molecule has 0 aliphatic carbocycles. The number of rotatable bonds is 3. The number of nitrogens with one attached hydrogen (secondary N) is 1. The van der Waals surface area contributed by atoms with Crippen LogP contribution in [0.5, 0.6) is 0 Å². The predicted molar refractivity (Wildman–Crippen MR) is 48.5 cm³/mol. The predicted octanol–water partition coefficient (Wildman–Crippen LogP) is 0.305. The van der Waals surface area contributed by atoms with E-state index < -0.39 is 11.7 Å². The summed E-state index contributed by atoms with van der Waals surface area (Å²) in [5.74, 6) is -0.963. The largest absolute Gasteiger partial charge is 0.399 e. The number of primary amides is 1. The van der Waals surface area contributed by atoms with Gasteiger partial charge in [-0.3, -0.25) is 4.79 Å². The summed E-state index contributed by atoms with van der Waals surface area (Å²) in [5, 5.41) is 2.63. The van der Waals surface area contributed by atoms with Crippen LogP contribution in [0.3, 0.4) is 0 Å². The summed E-state index contributed by atoms with van der Waals surface area (Å²) in [6, 6.07) is 3.95. The van der Waals surface area contributed by atoms with Crippen molar-refractivity contribution in [3.05, 3.63) is 24.0 Å². The molecular formula is C8H10FN3O. The number of hydrogen-bond acceptors (Lipinski definition) is 3. The Morgan fingerprint density at radius 3 is 2.69 bits per heavy atom. The van der Waals surface area contributed by atoms with Crippen molar-refractivity contribution in [3.8, 4) is 0 Å². The lowest BCUT2D eigenvalue weighted by Gasteiger charge is -2.04. The minimum absolute atomic E-state index is 0.0388. The Labute approximate surface area is 74.7 Å². The van der Waals surface area contributed by atoms with Gasteiger partial charge in [-0.05, 0) is 18.2 Å². The van der Waals surface area contributed by atoms with E-state index >= 15 is 0 Å². The summed E-state index contributed by atoms with van der Waals surface area (Å²) in [4.78, 5) is 10.4. The number of nitrogen functional groups attached to an aromatic ring is 1. The fourth-order valence-corrected chi connectivity index (χ4v) is 0.904. The Morgan fingerprint density at radius 2 is 2.15 bits per heavy atom. The minimum Gasteiger partial charge on any atom is -0.399 e. The minimum atomic E-state index is -0.511. The Kier molecular flexibility index (Phi) is 2.69. The van der Waals surface area contributed by atoms with Crippen molar-refractivity contribution in [2.24, 2.45) is 5.73 Å². The van der Waals surface area contributed by atoms with Crippen LogP contribution in [0.1, 0.15) is 0 Å².